The van der Waals surface area contributed by atoms with Gasteiger partial charge in [0, 0.05) is 18.0 Å². The average Bonchev–Trinajstić information content (AvgIpc) is 2.87. The summed E-state index contributed by atoms with van der Waals surface area (Å²) in [4.78, 5) is 1.00. The number of thiophene rings is 1. The van der Waals surface area contributed by atoms with Crippen LogP contribution in [0.1, 0.15) is 28.5 Å². The number of hydrogen-bond donors (Lipinski definition) is 2. The van der Waals surface area contributed by atoms with Crippen molar-refractivity contribution in [1.29, 1.82) is 0 Å². The molecular formula is C16H21NOS. The van der Waals surface area contributed by atoms with Crippen LogP contribution in [0.25, 0.3) is 0 Å². The Hall–Kier alpha value is -1.16. The fraction of sp³-hybridized carbons (Fsp3) is 0.375. The second-order valence-corrected chi connectivity index (χ2v) is 6.17. The molecule has 1 atom stereocenters. The van der Waals surface area contributed by atoms with Gasteiger partial charge in [-0.1, -0.05) is 24.3 Å². The van der Waals surface area contributed by atoms with Gasteiger partial charge in [0.15, 0.2) is 0 Å². The van der Waals surface area contributed by atoms with Crippen molar-refractivity contribution >= 4 is 11.3 Å². The van der Waals surface area contributed by atoms with E-state index in [9.17, 15) is 5.11 Å². The molecule has 0 radical (unpaired) electrons. The molecule has 0 aliphatic carbocycles. The van der Waals surface area contributed by atoms with Crippen molar-refractivity contribution in [2.75, 3.05) is 6.54 Å². The zero-order chi connectivity index (χ0) is 13.9. The quantitative estimate of drug-likeness (QED) is 0.877. The first-order valence-corrected chi connectivity index (χ1v) is 7.41. The second kappa shape index (κ2) is 5.87. The molecular weight excluding hydrogens is 254 g/mol. The molecule has 0 fully saturated rings. The van der Waals surface area contributed by atoms with Crippen molar-refractivity contribution in [3.05, 3.63) is 57.3 Å². The van der Waals surface area contributed by atoms with E-state index in [1.54, 1.807) is 11.3 Å². The molecule has 1 aromatic carbocycles. The molecule has 1 unspecified atom stereocenters. The van der Waals surface area contributed by atoms with Gasteiger partial charge in [-0.2, -0.15) is 0 Å². The molecule has 0 bridgehead atoms. The summed E-state index contributed by atoms with van der Waals surface area (Å²) in [6, 6.07) is 10.3. The van der Waals surface area contributed by atoms with Crippen LogP contribution in [0.5, 0.6) is 0 Å². The van der Waals surface area contributed by atoms with Gasteiger partial charge in [-0.15, -0.1) is 11.3 Å². The Morgan fingerprint density at radius 1 is 1.16 bits per heavy atom. The van der Waals surface area contributed by atoms with Crippen molar-refractivity contribution in [3.63, 3.8) is 0 Å². The van der Waals surface area contributed by atoms with Crippen molar-refractivity contribution < 1.29 is 5.11 Å². The lowest BCUT2D eigenvalue weighted by atomic mass is 10.0. The van der Waals surface area contributed by atoms with E-state index >= 15 is 0 Å². The van der Waals surface area contributed by atoms with E-state index < -0.39 is 5.60 Å². The predicted molar refractivity (Wildman–Crippen MR) is 81.5 cm³/mol. The maximum Gasteiger partial charge on any atom is 0.108 e. The number of nitrogens with one attached hydrogen (secondary N) is 1. The summed E-state index contributed by atoms with van der Waals surface area (Å²) in [5, 5.41) is 15.8. The smallest absolute Gasteiger partial charge is 0.108 e. The normalized spacial score (nSPS) is 14.3. The summed E-state index contributed by atoms with van der Waals surface area (Å²) >= 11 is 1.59. The number of hydrogen-bond acceptors (Lipinski definition) is 3. The zero-order valence-corrected chi connectivity index (χ0v) is 12.6. The number of aryl methyl sites for hydroxylation is 2. The lowest BCUT2D eigenvalue weighted by Gasteiger charge is -2.23. The second-order valence-electron chi connectivity index (χ2n) is 5.23. The van der Waals surface area contributed by atoms with Crippen LogP contribution in [0.15, 0.2) is 35.7 Å². The molecule has 1 aromatic heterocycles. The SMILES string of the molecule is Cc1cccc(C)c1CNCC(C)(O)c1cccs1. The van der Waals surface area contributed by atoms with Gasteiger partial charge < -0.3 is 10.4 Å². The predicted octanol–water partition coefficient (Wildman–Crippen LogP) is 3.36. The Morgan fingerprint density at radius 2 is 1.84 bits per heavy atom. The average molecular weight is 275 g/mol. The molecule has 0 saturated heterocycles. The van der Waals surface area contributed by atoms with E-state index in [1.807, 2.05) is 24.4 Å². The Balaban J connectivity index is 1.97. The molecule has 2 nitrogen and oxygen atoms in total. The summed E-state index contributed by atoms with van der Waals surface area (Å²) in [6.07, 6.45) is 0. The summed E-state index contributed by atoms with van der Waals surface area (Å²) in [6.45, 7) is 7.46. The molecule has 102 valence electrons. The highest BCUT2D eigenvalue weighted by molar-refractivity contribution is 7.10. The van der Waals surface area contributed by atoms with E-state index in [0.29, 0.717) is 6.54 Å². The van der Waals surface area contributed by atoms with Crippen molar-refractivity contribution in [2.24, 2.45) is 0 Å². The lowest BCUT2D eigenvalue weighted by molar-refractivity contribution is 0.0604. The highest BCUT2D eigenvalue weighted by Gasteiger charge is 2.23. The molecule has 2 rings (SSSR count). The standard InChI is InChI=1S/C16H21NOS/c1-12-6-4-7-13(2)14(12)10-17-11-16(3,18)15-8-5-9-19-15/h4-9,17-18H,10-11H2,1-3H3. The van der Waals surface area contributed by atoms with Crippen molar-refractivity contribution in [3.8, 4) is 0 Å². The van der Waals surface area contributed by atoms with Crippen LogP contribution >= 0.6 is 11.3 Å². The van der Waals surface area contributed by atoms with E-state index in [4.69, 9.17) is 0 Å². The largest absolute Gasteiger partial charge is 0.383 e. The van der Waals surface area contributed by atoms with Gasteiger partial charge in [0.1, 0.15) is 5.60 Å². The Morgan fingerprint density at radius 3 is 2.42 bits per heavy atom. The number of aliphatic hydroxyl groups is 1. The first kappa shape index (κ1) is 14.3. The van der Waals surface area contributed by atoms with Crippen molar-refractivity contribution in [1.82, 2.24) is 5.32 Å². The van der Waals surface area contributed by atoms with Crippen LogP contribution in [0.4, 0.5) is 0 Å². The number of rotatable bonds is 5. The fourth-order valence-electron chi connectivity index (χ4n) is 2.23. The minimum Gasteiger partial charge on any atom is -0.383 e. The van der Waals surface area contributed by atoms with Gasteiger partial charge in [-0.05, 0) is 48.9 Å². The van der Waals surface area contributed by atoms with Gasteiger partial charge in [0.2, 0.25) is 0 Å². The van der Waals surface area contributed by atoms with Crippen LogP contribution in [-0.2, 0) is 12.1 Å². The molecule has 0 spiro atoms. The first-order chi connectivity index (χ1) is 9.00. The molecule has 2 aromatic rings. The molecule has 19 heavy (non-hydrogen) atoms. The maximum absolute atomic E-state index is 10.4. The molecule has 0 aliphatic heterocycles. The van der Waals surface area contributed by atoms with Gasteiger partial charge in [0.25, 0.3) is 0 Å². The van der Waals surface area contributed by atoms with Crippen LogP contribution in [0.3, 0.4) is 0 Å². The topological polar surface area (TPSA) is 32.3 Å². The summed E-state index contributed by atoms with van der Waals surface area (Å²) in [5.41, 5.74) is 3.11. The van der Waals surface area contributed by atoms with E-state index in [2.05, 4.69) is 37.4 Å². The molecule has 0 amide bonds. The Bertz CT molecular complexity index is 511. The van der Waals surface area contributed by atoms with Crippen LogP contribution in [-0.4, -0.2) is 11.7 Å². The van der Waals surface area contributed by atoms with Gasteiger partial charge >= 0.3 is 0 Å². The summed E-state index contributed by atoms with van der Waals surface area (Å²) < 4.78 is 0. The minimum absolute atomic E-state index is 0.557. The van der Waals surface area contributed by atoms with E-state index in [0.717, 1.165) is 11.4 Å². The molecule has 1 heterocycles. The fourth-order valence-corrected chi connectivity index (χ4v) is 3.02. The Kier molecular flexibility index (Phi) is 4.40. The molecule has 2 N–H and O–H groups in total. The maximum atomic E-state index is 10.4. The number of benzene rings is 1. The monoisotopic (exact) mass is 275 g/mol. The third-order valence-electron chi connectivity index (χ3n) is 3.47. The van der Waals surface area contributed by atoms with Gasteiger partial charge in [-0.3, -0.25) is 0 Å². The van der Waals surface area contributed by atoms with Gasteiger partial charge in [-0.25, -0.2) is 0 Å². The third kappa shape index (κ3) is 3.44. The van der Waals surface area contributed by atoms with E-state index in [-0.39, 0.29) is 0 Å². The van der Waals surface area contributed by atoms with Crippen LogP contribution in [0, 0.1) is 13.8 Å². The van der Waals surface area contributed by atoms with Gasteiger partial charge in [0.05, 0.1) is 0 Å². The summed E-state index contributed by atoms with van der Waals surface area (Å²) in [7, 11) is 0. The first-order valence-electron chi connectivity index (χ1n) is 6.53. The molecule has 3 heteroatoms. The minimum atomic E-state index is -0.801. The highest BCUT2D eigenvalue weighted by Crippen LogP contribution is 2.24. The Labute approximate surface area is 119 Å². The highest BCUT2D eigenvalue weighted by atomic mass is 32.1. The van der Waals surface area contributed by atoms with E-state index in [1.165, 1.54) is 16.7 Å². The lowest BCUT2D eigenvalue weighted by Crippen LogP contribution is -2.34. The van der Waals surface area contributed by atoms with Crippen LogP contribution in [0.2, 0.25) is 0 Å². The summed E-state index contributed by atoms with van der Waals surface area (Å²) in [5.74, 6) is 0. The molecule has 0 saturated carbocycles. The molecule has 0 aliphatic rings. The zero-order valence-electron chi connectivity index (χ0n) is 11.7. The van der Waals surface area contributed by atoms with Crippen molar-refractivity contribution in [2.45, 2.75) is 32.9 Å². The van der Waals surface area contributed by atoms with Crippen LogP contribution < -0.4 is 5.32 Å². The third-order valence-corrected chi connectivity index (χ3v) is 4.59.